The summed E-state index contributed by atoms with van der Waals surface area (Å²) < 4.78 is 38.2. The molecule has 3 atom stereocenters. The smallest absolute Gasteiger partial charge is 0.509 e. The zero-order chi connectivity index (χ0) is 22.7. The number of rotatable bonds is 10. The van der Waals surface area contributed by atoms with Crippen LogP contribution in [0.3, 0.4) is 0 Å². The Bertz CT molecular complexity index is 797. The Labute approximate surface area is 174 Å². The third kappa shape index (κ3) is 4.92. The number of carbonyl (C=O) groups is 3. The second-order valence-electron chi connectivity index (χ2n) is 7.74. The van der Waals surface area contributed by atoms with Crippen LogP contribution >= 0.6 is 0 Å². The second-order valence-corrected chi connectivity index (χ2v) is 9.49. The first kappa shape index (κ1) is 24.5. The highest BCUT2D eigenvalue weighted by Crippen LogP contribution is 2.33. The van der Waals surface area contributed by atoms with Gasteiger partial charge in [0, 0.05) is 32.1 Å². The van der Waals surface area contributed by atoms with Gasteiger partial charge in [-0.2, -0.15) is 12.7 Å². The molecule has 2 aliphatic heterocycles. The third-order valence-electron chi connectivity index (χ3n) is 5.47. The fourth-order valence-electron chi connectivity index (χ4n) is 3.37. The number of hydrogen-bond donors (Lipinski definition) is 5. The number of aliphatic carboxylic acids is 2. The highest BCUT2D eigenvalue weighted by atomic mass is 32.2. The van der Waals surface area contributed by atoms with Crippen LogP contribution in [-0.4, -0.2) is 86.3 Å². The van der Waals surface area contributed by atoms with Crippen LogP contribution in [0.1, 0.15) is 19.8 Å². The van der Waals surface area contributed by atoms with Gasteiger partial charge in [-0.3, -0.25) is 14.4 Å². The molecular weight excluding hydrogens is 423 g/mol. The van der Waals surface area contributed by atoms with Crippen molar-refractivity contribution in [3.05, 3.63) is 0 Å². The van der Waals surface area contributed by atoms with Gasteiger partial charge in [0.15, 0.2) is 5.41 Å². The molecule has 0 radical (unpaired) electrons. The van der Waals surface area contributed by atoms with Crippen LogP contribution in [0.2, 0.25) is 6.32 Å². The minimum absolute atomic E-state index is 0.00773. The second kappa shape index (κ2) is 9.15. The molecule has 1 unspecified atom stereocenters. The van der Waals surface area contributed by atoms with Crippen molar-refractivity contribution in [3.63, 3.8) is 0 Å². The summed E-state index contributed by atoms with van der Waals surface area (Å²) in [7, 11) is -4.89. The molecular formula is C15H27BN4O9S. The summed E-state index contributed by atoms with van der Waals surface area (Å²) in [6.45, 7) is 0.474. The van der Waals surface area contributed by atoms with Gasteiger partial charge in [0.05, 0.1) is 6.61 Å². The number of carboxylic acids is 2. The Kier molecular flexibility index (Phi) is 7.47. The molecule has 13 nitrogen and oxygen atoms in total. The maximum atomic E-state index is 12.3. The number of nitrogens with zero attached hydrogens (tertiary/aromatic N) is 1. The monoisotopic (exact) mass is 450 g/mol. The number of nitrogens with two attached hydrogens (primary N) is 2. The molecule has 30 heavy (non-hydrogen) atoms. The third-order valence-corrected chi connectivity index (χ3v) is 7.00. The lowest BCUT2D eigenvalue weighted by atomic mass is 9.75. The molecule has 0 aromatic heterocycles. The molecule has 0 aromatic rings. The molecule has 7 N–H and O–H groups in total. The minimum atomic E-state index is -3.92. The van der Waals surface area contributed by atoms with Gasteiger partial charge in [-0.1, -0.05) is 6.42 Å². The standard InChI is InChI=1S/C15H27BN4O9S/c1-14(11(21)22)9-28-16(29-13(14)25)4-2-3-10-7-20(8-15(10,18)12(23)24)30(26,27)19-6-5-17/h10,19H,2-9,17-18H2,1H3,(H,21,22)(H,23,24)/t10-,14?,15-/m0/s1. The minimum Gasteiger partial charge on any atom is -0.509 e. The summed E-state index contributed by atoms with van der Waals surface area (Å²) in [4.78, 5) is 34.9. The van der Waals surface area contributed by atoms with E-state index < -0.39 is 58.7 Å². The Morgan fingerprint density at radius 3 is 2.57 bits per heavy atom. The van der Waals surface area contributed by atoms with Crippen LogP contribution in [0.5, 0.6) is 0 Å². The van der Waals surface area contributed by atoms with E-state index in [-0.39, 0.29) is 39.0 Å². The summed E-state index contributed by atoms with van der Waals surface area (Å²) in [5, 5.41) is 18.7. The number of carboxylic acid groups (broad SMARTS) is 2. The zero-order valence-electron chi connectivity index (χ0n) is 16.6. The van der Waals surface area contributed by atoms with Crippen molar-refractivity contribution in [2.24, 2.45) is 22.8 Å². The van der Waals surface area contributed by atoms with Gasteiger partial charge in [0.25, 0.3) is 10.2 Å². The number of carbonyl (C=O) groups excluding carboxylic acids is 1. The summed E-state index contributed by atoms with van der Waals surface area (Å²) in [6, 6.07) is 0. The molecule has 2 rings (SSSR count). The molecule has 0 spiro atoms. The van der Waals surface area contributed by atoms with Crippen LogP contribution in [0, 0.1) is 11.3 Å². The maximum absolute atomic E-state index is 12.3. The van der Waals surface area contributed by atoms with Crippen molar-refractivity contribution in [1.82, 2.24) is 9.03 Å². The van der Waals surface area contributed by atoms with Crippen molar-refractivity contribution >= 4 is 35.2 Å². The number of hydrogen-bond acceptors (Lipinski definition) is 9. The lowest BCUT2D eigenvalue weighted by molar-refractivity contribution is -0.169. The van der Waals surface area contributed by atoms with Gasteiger partial charge in [0.1, 0.15) is 5.54 Å². The van der Waals surface area contributed by atoms with Gasteiger partial charge < -0.3 is 31.0 Å². The van der Waals surface area contributed by atoms with Crippen molar-refractivity contribution in [2.75, 3.05) is 32.8 Å². The van der Waals surface area contributed by atoms with E-state index in [1.807, 2.05) is 0 Å². The fourth-order valence-corrected chi connectivity index (χ4v) is 4.69. The average molecular weight is 450 g/mol. The summed E-state index contributed by atoms with van der Waals surface area (Å²) in [5.41, 5.74) is 7.78. The number of nitrogens with one attached hydrogen (secondary N) is 1. The average Bonchev–Trinajstić information content (AvgIpc) is 3.02. The van der Waals surface area contributed by atoms with Crippen molar-refractivity contribution in [2.45, 2.75) is 31.6 Å². The Hall–Kier alpha value is -1.78. The molecule has 0 amide bonds. The van der Waals surface area contributed by atoms with E-state index in [0.29, 0.717) is 6.42 Å². The normalized spacial score (nSPS) is 30.3. The highest BCUT2D eigenvalue weighted by Gasteiger charge is 2.53. The molecule has 2 saturated heterocycles. The van der Waals surface area contributed by atoms with Crippen LogP contribution in [0.25, 0.3) is 0 Å². The fraction of sp³-hybridized carbons (Fsp3) is 0.800. The predicted molar refractivity (Wildman–Crippen MR) is 103 cm³/mol. The molecule has 0 saturated carbocycles. The molecule has 0 bridgehead atoms. The van der Waals surface area contributed by atoms with E-state index in [1.165, 1.54) is 6.92 Å². The van der Waals surface area contributed by atoms with Crippen LogP contribution in [0.4, 0.5) is 0 Å². The maximum Gasteiger partial charge on any atom is 0.527 e. The summed E-state index contributed by atoms with van der Waals surface area (Å²) in [6.07, 6.45) is 0.744. The largest absolute Gasteiger partial charge is 0.527 e. The molecule has 170 valence electrons. The van der Waals surface area contributed by atoms with Crippen LogP contribution < -0.4 is 16.2 Å². The Morgan fingerprint density at radius 2 is 2.03 bits per heavy atom. The first-order valence-electron chi connectivity index (χ1n) is 9.40. The van der Waals surface area contributed by atoms with Crippen LogP contribution in [-0.2, 0) is 33.9 Å². The molecule has 15 heteroatoms. The summed E-state index contributed by atoms with van der Waals surface area (Å²) in [5.74, 6) is -4.26. The zero-order valence-corrected chi connectivity index (χ0v) is 17.4. The molecule has 2 fully saturated rings. The van der Waals surface area contributed by atoms with E-state index in [1.54, 1.807) is 0 Å². The predicted octanol–water partition coefficient (Wildman–Crippen LogP) is -2.57. The van der Waals surface area contributed by atoms with Crippen molar-refractivity contribution in [3.8, 4) is 0 Å². The first-order valence-corrected chi connectivity index (χ1v) is 10.8. The van der Waals surface area contributed by atoms with Gasteiger partial charge >= 0.3 is 25.0 Å². The quantitative estimate of drug-likeness (QED) is 0.172. The van der Waals surface area contributed by atoms with Crippen LogP contribution in [0.15, 0.2) is 0 Å². The van der Waals surface area contributed by atoms with Gasteiger partial charge in [-0.15, -0.1) is 0 Å². The molecule has 2 heterocycles. The van der Waals surface area contributed by atoms with Gasteiger partial charge in [-0.05, 0) is 19.7 Å². The van der Waals surface area contributed by atoms with E-state index in [9.17, 15) is 27.9 Å². The molecule has 0 aromatic carbocycles. The topological polar surface area (TPSA) is 212 Å². The highest BCUT2D eigenvalue weighted by molar-refractivity contribution is 7.87. The van der Waals surface area contributed by atoms with E-state index >= 15 is 0 Å². The Balaban J connectivity index is 1.96. The van der Waals surface area contributed by atoms with E-state index in [2.05, 4.69) is 4.72 Å². The van der Waals surface area contributed by atoms with E-state index in [4.69, 9.17) is 25.9 Å². The van der Waals surface area contributed by atoms with Crippen molar-refractivity contribution in [1.29, 1.82) is 0 Å². The first-order chi connectivity index (χ1) is 13.9. The Morgan fingerprint density at radius 1 is 1.37 bits per heavy atom. The van der Waals surface area contributed by atoms with Gasteiger partial charge in [0.2, 0.25) is 0 Å². The lowest BCUT2D eigenvalue weighted by Gasteiger charge is -2.31. The van der Waals surface area contributed by atoms with E-state index in [0.717, 1.165) is 4.31 Å². The molecule has 2 aliphatic rings. The molecule has 0 aliphatic carbocycles. The summed E-state index contributed by atoms with van der Waals surface area (Å²) >= 11 is 0. The van der Waals surface area contributed by atoms with Crippen molar-refractivity contribution < 1.29 is 42.3 Å². The lowest BCUT2D eigenvalue weighted by Crippen LogP contribution is -2.55. The SMILES string of the molecule is CC1(C(=O)O)COB(CCC[C@H]2CN(S(=O)(=O)NCCN)C[C@@]2(N)C(=O)O)OC1=O. The van der Waals surface area contributed by atoms with Gasteiger partial charge in [-0.25, -0.2) is 4.72 Å².